The predicted octanol–water partition coefficient (Wildman–Crippen LogP) is 10.1. The summed E-state index contributed by atoms with van der Waals surface area (Å²) >= 11 is 0. The molecule has 4 saturated carbocycles. The van der Waals surface area contributed by atoms with Gasteiger partial charge in [0, 0.05) is 18.1 Å². The van der Waals surface area contributed by atoms with Crippen LogP contribution in [0.2, 0.25) is 58.9 Å². The first-order valence-electron chi connectivity index (χ1n) is 18.1. The fourth-order valence-electron chi connectivity index (χ4n) is 10.3. The molecule has 0 aromatic heterocycles. The summed E-state index contributed by atoms with van der Waals surface area (Å²) in [5.41, 5.74) is 2.77. The average molecular weight is 672 g/mol. The van der Waals surface area contributed by atoms with Gasteiger partial charge in [0.25, 0.3) is 0 Å². The Hall–Kier alpha value is -0.779. The summed E-state index contributed by atoms with van der Waals surface area (Å²) < 4.78 is 20.6. The Labute approximate surface area is 279 Å². The third kappa shape index (κ3) is 8.27. The molecule has 1 aromatic carbocycles. The van der Waals surface area contributed by atoms with Crippen LogP contribution in [0.25, 0.3) is 0 Å². The van der Waals surface area contributed by atoms with E-state index in [4.69, 9.17) is 23.3 Å². The van der Waals surface area contributed by atoms with Gasteiger partial charge in [-0.3, -0.25) is 0 Å². The first-order valence-corrected chi connectivity index (χ1v) is 28.3. The van der Waals surface area contributed by atoms with E-state index >= 15 is 0 Å². The highest BCUT2D eigenvalue weighted by Gasteiger charge is 2.64. The minimum absolute atomic E-state index is 0.143. The molecule has 0 radical (unpaired) electrons. The lowest BCUT2D eigenvalue weighted by molar-refractivity contribution is -0.168. The molecule has 0 amide bonds. The van der Waals surface area contributed by atoms with Crippen LogP contribution in [-0.4, -0.2) is 49.5 Å². The summed E-state index contributed by atoms with van der Waals surface area (Å²) in [5, 5.41) is 4.93. The zero-order valence-corrected chi connectivity index (χ0v) is 33.6. The van der Waals surface area contributed by atoms with Gasteiger partial charge < -0.3 is 18.1 Å². The van der Waals surface area contributed by atoms with Crippen LogP contribution >= 0.6 is 0 Å². The van der Waals surface area contributed by atoms with Crippen molar-refractivity contribution >= 4 is 30.7 Å². The Bertz CT molecular complexity index is 1170. The first kappa shape index (κ1) is 35.5. The Balaban J connectivity index is 1.43. The van der Waals surface area contributed by atoms with Crippen molar-refractivity contribution in [2.75, 3.05) is 6.61 Å². The van der Waals surface area contributed by atoms with E-state index in [9.17, 15) is 0 Å². The van der Waals surface area contributed by atoms with Crippen molar-refractivity contribution in [2.45, 2.75) is 143 Å². The van der Waals surface area contributed by atoms with Crippen LogP contribution in [0.3, 0.4) is 0 Å². The molecular weight excluding hydrogens is 607 g/mol. The molecule has 4 aliphatic carbocycles. The zero-order valence-electron chi connectivity index (χ0n) is 30.6. The monoisotopic (exact) mass is 671 g/mol. The van der Waals surface area contributed by atoms with Crippen molar-refractivity contribution in [3.05, 3.63) is 35.9 Å². The van der Waals surface area contributed by atoms with Gasteiger partial charge in [-0.25, -0.2) is 0 Å². The molecule has 0 saturated heterocycles. The van der Waals surface area contributed by atoms with Crippen molar-refractivity contribution < 1.29 is 18.1 Å². The molecule has 0 N–H and O–H groups in total. The molecule has 8 heteroatoms. The van der Waals surface area contributed by atoms with Crippen molar-refractivity contribution in [3.8, 4) is 0 Å². The maximum absolute atomic E-state index is 7.34. The van der Waals surface area contributed by atoms with E-state index in [0.29, 0.717) is 48.6 Å². The molecular formula is C37H65NO4Si3. The molecule has 0 spiro atoms. The lowest BCUT2D eigenvalue weighted by atomic mass is 9.44. The minimum Gasteiger partial charge on any atom is -0.415 e. The van der Waals surface area contributed by atoms with E-state index in [0.717, 1.165) is 29.5 Å². The highest BCUT2D eigenvalue weighted by atomic mass is 28.4. The fraction of sp³-hybridized carbons (Fsp3) is 0.811. The number of rotatable bonds is 11. The van der Waals surface area contributed by atoms with Crippen LogP contribution in [0.1, 0.15) is 70.8 Å². The summed E-state index contributed by atoms with van der Waals surface area (Å²) in [5.74, 6) is 3.18. The lowest BCUT2D eigenvalue weighted by Crippen LogP contribution is -2.61. The summed E-state index contributed by atoms with van der Waals surface area (Å²) in [6.45, 7) is 27.4. The summed E-state index contributed by atoms with van der Waals surface area (Å²) in [6.07, 6.45) is 10.8. The van der Waals surface area contributed by atoms with Crippen molar-refractivity contribution in [1.82, 2.24) is 0 Å². The molecule has 0 unspecified atom stereocenters. The summed E-state index contributed by atoms with van der Waals surface area (Å²) in [6, 6.07) is 10.4. The summed E-state index contributed by atoms with van der Waals surface area (Å²) in [4.78, 5) is 6.12. The number of oxime groups is 1. The van der Waals surface area contributed by atoms with Crippen LogP contribution in [-0.2, 0) is 24.7 Å². The molecule has 254 valence electrons. The second-order valence-corrected chi connectivity index (χ2v) is 32.0. The highest BCUT2D eigenvalue weighted by molar-refractivity contribution is 6.70. The number of hydrogen-bond donors (Lipinski definition) is 0. The predicted molar refractivity (Wildman–Crippen MR) is 195 cm³/mol. The smallest absolute Gasteiger partial charge is 0.184 e. The second-order valence-electron chi connectivity index (χ2n) is 18.6. The molecule has 0 aliphatic heterocycles. The third-order valence-corrected chi connectivity index (χ3v) is 14.9. The van der Waals surface area contributed by atoms with E-state index in [2.05, 4.69) is 103 Å². The van der Waals surface area contributed by atoms with Crippen LogP contribution in [0, 0.1) is 40.4 Å². The standard InChI is InChI=1S/C37H65NO4Si3/c1-36-22-21-29(41-44(6,7)8)23-28(36)17-18-30-31-19-20-32(37(31,2)24-34(35(30)36)42-45(9,10)11)33(26-40-43(3,4)5)38-39-25-27-15-13-12-14-16-27/h12-16,28-32,34-35H,17-26H2,1-11H3/b38-33+/t28-,29-,30+,31+,32-,34+,35-,36+,37+/m1/s1. The molecule has 4 fully saturated rings. The van der Waals surface area contributed by atoms with Crippen molar-refractivity contribution in [1.29, 1.82) is 0 Å². The van der Waals surface area contributed by atoms with Gasteiger partial charge in [0.2, 0.25) is 0 Å². The van der Waals surface area contributed by atoms with E-state index in [1.54, 1.807) is 0 Å². The lowest BCUT2D eigenvalue weighted by Gasteiger charge is -2.64. The van der Waals surface area contributed by atoms with Gasteiger partial charge in [0.1, 0.15) is 6.61 Å². The quantitative estimate of drug-likeness (QED) is 0.133. The van der Waals surface area contributed by atoms with Gasteiger partial charge in [-0.1, -0.05) is 49.3 Å². The Morgan fingerprint density at radius 1 is 0.800 bits per heavy atom. The molecule has 9 atom stereocenters. The van der Waals surface area contributed by atoms with E-state index in [1.807, 2.05) is 0 Å². The van der Waals surface area contributed by atoms with Crippen molar-refractivity contribution in [3.63, 3.8) is 0 Å². The highest BCUT2D eigenvalue weighted by Crippen LogP contribution is 2.68. The van der Waals surface area contributed by atoms with Crippen LogP contribution in [0.15, 0.2) is 35.5 Å². The van der Waals surface area contributed by atoms with Gasteiger partial charge in [-0.15, -0.1) is 0 Å². The summed E-state index contributed by atoms with van der Waals surface area (Å²) in [7, 11) is -5.05. The van der Waals surface area contributed by atoms with Gasteiger partial charge in [0.15, 0.2) is 25.0 Å². The number of benzene rings is 1. The van der Waals surface area contributed by atoms with Gasteiger partial charge in [0.05, 0.1) is 12.3 Å². The Morgan fingerprint density at radius 3 is 2.13 bits per heavy atom. The fourth-order valence-corrected chi connectivity index (χ4v) is 13.2. The minimum atomic E-state index is -1.77. The molecule has 0 bridgehead atoms. The molecule has 5 rings (SSSR count). The molecule has 4 aliphatic rings. The maximum Gasteiger partial charge on any atom is 0.184 e. The van der Waals surface area contributed by atoms with Gasteiger partial charge in [-0.2, -0.15) is 0 Å². The largest absolute Gasteiger partial charge is 0.415 e. The molecule has 5 nitrogen and oxygen atoms in total. The topological polar surface area (TPSA) is 49.3 Å². The number of hydrogen-bond acceptors (Lipinski definition) is 5. The Morgan fingerprint density at radius 2 is 1.49 bits per heavy atom. The van der Waals surface area contributed by atoms with Crippen molar-refractivity contribution in [2.24, 2.45) is 45.6 Å². The van der Waals surface area contributed by atoms with Crippen LogP contribution < -0.4 is 0 Å². The first-order chi connectivity index (χ1) is 20.9. The normalized spacial score (nSPS) is 37.5. The number of nitrogens with zero attached hydrogens (tertiary/aromatic N) is 1. The zero-order chi connectivity index (χ0) is 32.8. The van der Waals surface area contributed by atoms with E-state index in [1.165, 1.54) is 44.9 Å². The molecule has 1 aromatic rings. The van der Waals surface area contributed by atoms with Gasteiger partial charge in [-0.05, 0) is 150 Å². The average Bonchev–Trinajstić information content (AvgIpc) is 3.25. The third-order valence-electron chi connectivity index (χ3n) is 11.9. The van der Waals surface area contributed by atoms with Crippen LogP contribution in [0.4, 0.5) is 0 Å². The Kier molecular flexibility index (Phi) is 10.5. The van der Waals surface area contributed by atoms with Gasteiger partial charge >= 0.3 is 0 Å². The maximum atomic E-state index is 7.34. The SMILES string of the molecule is C[C@]12CC[C@@H](O[Si](C)(C)C)C[C@H]1CC[C@@H]1[C@@H]2[C@@H](O[Si](C)(C)C)C[C@]2(C)[C@@H](/C(CO[Si](C)(C)C)=N/OCc3ccccc3)CC[C@@H]12. The van der Waals surface area contributed by atoms with E-state index in [-0.39, 0.29) is 5.41 Å². The number of fused-ring (bicyclic) bond motifs is 5. The second kappa shape index (κ2) is 13.3. The van der Waals surface area contributed by atoms with Crippen LogP contribution in [0.5, 0.6) is 0 Å². The van der Waals surface area contributed by atoms with E-state index < -0.39 is 25.0 Å². The molecule has 0 heterocycles. The molecule has 45 heavy (non-hydrogen) atoms.